The van der Waals surface area contributed by atoms with Crippen LogP contribution in [0.25, 0.3) is 11.4 Å². The maximum absolute atomic E-state index is 6.19. The average Bonchev–Trinajstić information content (AvgIpc) is 3.40. The Hall–Kier alpha value is -2.57. The fourth-order valence-corrected chi connectivity index (χ4v) is 3.30. The summed E-state index contributed by atoms with van der Waals surface area (Å²) in [7, 11) is 0. The maximum Gasteiger partial charge on any atom is 0.155 e. The van der Waals surface area contributed by atoms with Gasteiger partial charge in [0.25, 0.3) is 0 Å². The first-order chi connectivity index (χ1) is 13.3. The molecule has 0 aliphatic carbocycles. The molecule has 7 heteroatoms. The zero-order valence-electron chi connectivity index (χ0n) is 14.8. The first-order valence-corrected chi connectivity index (χ1v) is 9.38. The number of rotatable bonds is 7. The lowest BCUT2D eigenvalue weighted by atomic mass is 10.1. The van der Waals surface area contributed by atoms with Crippen LogP contribution in [0.2, 0.25) is 5.02 Å². The minimum Gasteiger partial charge on any atom is -0.491 e. The van der Waals surface area contributed by atoms with Gasteiger partial charge in [0.05, 0.1) is 6.10 Å². The topological polar surface area (TPSA) is 72.1 Å². The highest BCUT2D eigenvalue weighted by Crippen LogP contribution is 2.26. The van der Waals surface area contributed by atoms with Crippen LogP contribution < -0.4 is 10.1 Å². The Labute approximate surface area is 162 Å². The molecule has 0 saturated carbocycles. The van der Waals surface area contributed by atoms with E-state index in [-0.39, 0.29) is 6.10 Å². The van der Waals surface area contributed by atoms with Crippen molar-refractivity contribution in [1.29, 1.82) is 0 Å². The van der Waals surface area contributed by atoms with E-state index < -0.39 is 0 Å². The number of H-pyrrole nitrogens is 1. The largest absolute Gasteiger partial charge is 0.491 e. The molecule has 0 bridgehead atoms. The molecule has 1 saturated heterocycles. The summed E-state index contributed by atoms with van der Waals surface area (Å²) >= 11 is 6.19. The number of hydrogen-bond donors (Lipinski definition) is 2. The minimum absolute atomic E-state index is 0.181. The van der Waals surface area contributed by atoms with Gasteiger partial charge in [-0.1, -0.05) is 23.7 Å². The number of aromatic amines is 1. The third kappa shape index (κ3) is 4.59. The molecule has 0 radical (unpaired) electrons. The van der Waals surface area contributed by atoms with E-state index in [1.54, 1.807) is 0 Å². The molecule has 1 atom stereocenters. The van der Waals surface area contributed by atoms with Crippen LogP contribution in [0.1, 0.15) is 18.4 Å². The highest BCUT2D eigenvalue weighted by atomic mass is 35.5. The second kappa shape index (κ2) is 8.41. The molecule has 1 aliphatic heterocycles. The zero-order valence-corrected chi connectivity index (χ0v) is 15.6. The first-order valence-electron chi connectivity index (χ1n) is 9.00. The number of nitrogens with one attached hydrogen (secondary N) is 2. The number of nitrogens with zero attached hydrogens (tertiary/aromatic N) is 2. The predicted octanol–water partition coefficient (Wildman–Crippen LogP) is 4.30. The van der Waals surface area contributed by atoms with Gasteiger partial charge in [0.15, 0.2) is 5.82 Å². The van der Waals surface area contributed by atoms with Gasteiger partial charge < -0.3 is 14.8 Å². The summed E-state index contributed by atoms with van der Waals surface area (Å²) in [6.45, 7) is 1.99. The molecule has 1 fully saturated rings. The predicted molar refractivity (Wildman–Crippen MR) is 105 cm³/mol. The van der Waals surface area contributed by atoms with E-state index in [2.05, 4.69) is 20.5 Å². The molecule has 1 unspecified atom stereocenters. The average molecular weight is 385 g/mol. The molecule has 27 heavy (non-hydrogen) atoms. The Balaban J connectivity index is 1.44. The first kappa shape index (κ1) is 17.8. The Kier molecular flexibility index (Phi) is 5.55. The number of halogens is 1. The number of anilines is 1. The van der Waals surface area contributed by atoms with E-state index >= 15 is 0 Å². The standard InChI is InChI=1S/C20H21ClN4O2/c21-16-6-7-19(27-12-18-5-2-8-26-18)15(9-16)11-22-17-4-1-3-14(10-17)20-23-13-24-25-20/h1,3-4,6-7,9-10,13,18,22H,2,5,8,11-12H2,(H,23,24,25). The van der Waals surface area contributed by atoms with Crippen LogP contribution in [0.3, 0.4) is 0 Å². The Morgan fingerprint density at radius 3 is 3.04 bits per heavy atom. The second-order valence-corrected chi connectivity index (χ2v) is 6.90. The fraction of sp³-hybridized carbons (Fsp3) is 0.300. The highest BCUT2D eigenvalue weighted by molar-refractivity contribution is 6.30. The number of hydrogen-bond acceptors (Lipinski definition) is 5. The SMILES string of the molecule is Clc1ccc(OCC2CCCO2)c(CNc2cccc(-c3ncn[nH]3)c2)c1. The number of aromatic nitrogens is 3. The molecule has 4 rings (SSSR count). The van der Waals surface area contributed by atoms with E-state index in [4.69, 9.17) is 21.1 Å². The van der Waals surface area contributed by atoms with Gasteiger partial charge in [-0.2, -0.15) is 5.10 Å². The van der Waals surface area contributed by atoms with Crippen LogP contribution in [0.4, 0.5) is 5.69 Å². The van der Waals surface area contributed by atoms with Crippen molar-refractivity contribution in [3.05, 3.63) is 59.4 Å². The molecule has 1 aliphatic rings. The van der Waals surface area contributed by atoms with Crippen molar-refractivity contribution in [2.45, 2.75) is 25.5 Å². The monoisotopic (exact) mass is 384 g/mol. The van der Waals surface area contributed by atoms with Crippen molar-refractivity contribution in [2.75, 3.05) is 18.5 Å². The fourth-order valence-electron chi connectivity index (χ4n) is 3.10. The van der Waals surface area contributed by atoms with Crippen molar-refractivity contribution in [3.8, 4) is 17.1 Å². The molecule has 0 spiro atoms. The highest BCUT2D eigenvalue weighted by Gasteiger charge is 2.17. The quantitative estimate of drug-likeness (QED) is 0.635. The minimum atomic E-state index is 0.181. The van der Waals surface area contributed by atoms with Crippen LogP contribution in [0.5, 0.6) is 5.75 Å². The van der Waals surface area contributed by atoms with Gasteiger partial charge in [0.2, 0.25) is 0 Å². The van der Waals surface area contributed by atoms with Crippen LogP contribution in [0.15, 0.2) is 48.8 Å². The van der Waals surface area contributed by atoms with Crippen LogP contribution in [-0.4, -0.2) is 34.5 Å². The summed E-state index contributed by atoms with van der Waals surface area (Å²) in [5.74, 6) is 1.57. The smallest absolute Gasteiger partial charge is 0.155 e. The van der Waals surface area contributed by atoms with Gasteiger partial charge in [-0.25, -0.2) is 4.98 Å². The van der Waals surface area contributed by atoms with Gasteiger partial charge in [-0.05, 0) is 43.2 Å². The summed E-state index contributed by atoms with van der Waals surface area (Å²) in [4.78, 5) is 4.19. The lowest BCUT2D eigenvalue weighted by molar-refractivity contribution is 0.0676. The third-order valence-corrected chi connectivity index (χ3v) is 4.74. The second-order valence-electron chi connectivity index (χ2n) is 6.47. The Morgan fingerprint density at radius 1 is 1.26 bits per heavy atom. The van der Waals surface area contributed by atoms with Crippen LogP contribution >= 0.6 is 11.6 Å². The van der Waals surface area contributed by atoms with Crippen LogP contribution in [0, 0.1) is 0 Å². The van der Waals surface area contributed by atoms with Gasteiger partial charge in [-0.15, -0.1) is 0 Å². The number of benzene rings is 2. The summed E-state index contributed by atoms with van der Waals surface area (Å²) in [5, 5.41) is 10.9. The summed E-state index contributed by atoms with van der Waals surface area (Å²) in [6.07, 6.45) is 3.83. The van der Waals surface area contributed by atoms with Gasteiger partial charge in [-0.3, -0.25) is 5.10 Å². The molecule has 6 nitrogen and oxygen atoms in total. The van der Waals surface area contributed by atoms with Crippen molar-refractivity contribution in [1.82, 2.24) is 15.2 Å². The van der Waals surface area contributed by atoms with E-state index in [0.29, 0.717) is 18.2 Å². The summed E-state index contributed by atoms with van der Waals surface area (Å²) in [5.41, 5.74) is 2.96. The molecule has 2 heterocycles. The third-order valence-electron chi connectivity index (χ3n) is 4.51. The van der Waals surface area contributed by atoms with Crippen LogP contribution in [-0.2, 0) is 11.3 Å². The normalized spacial score (nSPS) is 16.4. The molecule has 2 aromatic carbocycles. The molecule has 0 amide bonds. The van der Waals surface area contributed by atoms with Crippen molar-refractivity contribution >= 4 is 17.3 Å². The van der Waals surface area contributed by atoms with E-state index in [1.165, 1.54) is 6.33 Å². The van der Waals surface area contributed by atoms with Gasteiger partial charge in [0, 0.05) is 35.0 Å². The maximum atomic E-state index is 6.19. The lowest BCUT2D eigenvalue weighted by Crippen LogP contribution is -2.17. The molecule has 140 valence electrons. The van der Waals surface area contributed by atoms with E-state index in [0.717, 1.165) is 47.8 Å². The zero-order chi connectivity index (χ0) is 18.5. The molecular weight excluding hydrogens is 364 g/mol. The molecule has 1 aromatic heterocycles. The van der Waals surface area contributed by atoms with E-state index in [1.807, 2.05) is 42.5 Å². The molecule has 2 N–H and O–H groups in total. The number of ether oxygens (including phenoxy) is 2. The molecular formula is C20H21ClN4O2. The van der Waals surface area contributed by atoms with Gasteiger partial charge in [0.1, 0.15) is 18.7 Å². The Bertz CT molecular complexity index is 879. The van der Waals surface area contributed by atoms with Gasteiger partial charge >= 0.3 is 0 Å². The lowest BCUT2D eigenvalue weighted by Gasteiger charge is -2.16. The van der Waals surface area contributed by atoms with Crippen molar-refractivity contribution in [3.63, 3.8) is 0 Å². The molecule has 3 aromatic rings. The summed E-state index contributed by atoms with van der Waals surface area (Å²) in [6, 6.07) is 13.7. The summed E-state index contributed by atoms with van der Waals surface area (Å²) < 4.78 is 11.6. The Morgan fingerprint density at radius 2 is 2.22 bits per heavy atom. The van der Waals surface area contributed by atoms with Crippen molar-refractivity contribution < 1.29 is 9.47 Å². The van der Waals surface area contributed by atoms with Crippen molar-refractivity contribution in [2.24, 2.45) is 0 Å². The van der Waals surface area contributed by atoms with E-state index in [9.17, 15) is 0 Å².